The lowest BCUT2D eigenvalue weighted by atomic mass is 10.0. The summed E-state index contributed by atoms with van der Waals surface area (Å²) < 4.78 is 17.0. The fourth-order valence-corrected chi connectivity index (χ4v) is 10.5. The monoisotopic (exact) mass is 1160 g/mol. The van der Waals surface area contributed by atoms with Gasteiger partial charge in [0.05, 0.1) is 0 Å². The highest BCUT2D eigenvalue weighted by Crippen LogP contribution is 2.18. The molecule has 0 heterocycles. The molecular formula is C77H136O6. The molecule has 6 nitrogen and oxygen atoms in total. The van der Waals surface area contributed by atoms with Gasteiger partial charge >= 0.3 is 17.9 Å². The Morgan fingerprint density at radius 1 is 0.253 bits per heavy atom. The Labute approximate surface area is 515 Å². The van der Waals surface area contributed by atoms with Crippen LogP contribution in [0.5, 0.6) is 0 Å². The van der Waals surface area contributed by atoms with E-state index in [1.165, 1.54) is 225 Å². The molecule has 0 spiro atoms. The molecule has 0 N–H and O–H groups in total. The number of allylic oxidation sites excluding steroid dienone is 14. The van der Waals surface area contributed by atoms with Crippen LogP contribution in [0.15, 0.2) is 85.1 Å². The summed E-state index contributed by atoms with van der Waals surface area (Å²) in [5, 5.41) is 0. The summed E-state index contributed by atoms with van der Waals surface area (Å²) in [6.07, 6.45) is 94.7. The molecule has 0 bridgehead atoms. The Balaban J connectivity index is 4.34. The van der Waals surface area contributed by atoms with Crippen molar-refractivity contribution < 1.29 is 28.6 Å². The highest BCUT2D eigenvalue weighted by Gasteiger charge is 2.19. The average molecular weight is 1160 g/mol. The zero-order valence-corrected chi connectivity index (χ0v) is 55.2. The van der Waals surface area contributed by atoms with Crippen LogP contribution in [-0.2, 0) is 28.6 Å². The summed E-state index contributed by atoms with van der Waals surface area (Å²) in [6.45, 7) is 6.55. The van der Waals surface area contributed by atoms with Gasteiger partial charge in [0.2, 0.25) is 0 Å². The Morgan fingerprint density at radius 3 is 0.747 bits per heavy atom. The van der Waals surface area contributed by atoms with Crippen molar-refractivity contribution in [1.29, 1.82) is 0 Å². The first-order chi connectivity index (χ1) is 41.0. The summed E-state index contributed by atoms with van der Waals surface area (Å²) in [6, 6.07) is 0. The molecule has 0 saturated heterocycles. The van der Waals surface area contributed by atoms with Crippen LogP contribution < -0.4 is 0 Å². The highest BCUT2D eigenvalue weighted by molar-refractivity contribution is 5.71. The number of rotatable bonds is 66. The first-order valence-electron chi connectivity index (χ1n) is 36.1. The molecule has 0 aliphatic rings. The van der Waals surface area contributed by atoms with E-state index in [0.29, 0.717) is 19.3 Å². The van der Waals surface area contributed by atoms with Crippen molar-refractivity contribution in [3.63, 3.8) is 0 Å². The molecular weight excluding hydrogens is 1020 g/mol. The second-order valence-corrected chi connectivity index (χ2v) is 24.1. The van der Waals surface area contributed by atoms with E-state index in [1.807, 2.05) is 0 Å². The smallest absolute Gasteiger partial charge is 0.306 e. The Bertz CT molecular complexity index is 1570. The molecule has 0 aromatic carbocycles. The lowest BCUT2D eigenvalue weighted by Gasteiger charge is -2.18. The molecule has 0 aromatic rings. The number of carbonyl (C=O) groups is 3. The van der Waals surface area contributed by atoms with Gasteiger partial charge in [-0.25, -0.2) is 0 Å². The normalized spacial score (nSPS) is 12.6. The minimum absolute atomic E-state index is 0.0860. The van der Waals surface area contributed by atoms with Crippen LogP contribution in [0, 0.1) is 0 Å². The van der Waals surface area contributed by atoms with Crippen molar-refractivity contribution in [1.82, 2.24) is 0 Å². The van der Waals surface area contributed by atoms with Crippen LogP contribution >= 0.6 is 0 Å². The lowest BCUT2D eigenvalue weighted by molar-refractivity contribution is -0.167. The van der Waals surface area contributed by atoms with Gasteiger partial charge in [0.15, 0.2) is 6.10 Å². The summed E-state index contributed by atoms with van der Waals surface area (Å²) >= 11 is 0. The summed E-state index contributed by atoms with van der Waals surface area (Å²) in [7, 11) is 0. The van der Waals surface area contributed by atoms with E-state index in [2.05, 4.69) is 106 Å². The van der Waals surface area contributed by atoms with Crippen LogP contribution in [-0.4, -0.2) is 37.2 Å². The van der Waals surface area contributed by atoms with E-state index in [-0.39, 0.29) is 31.1 Å². The Hall–Kier alpha value is -3.41. The third kappa shape index (κ3) is 69.3. The van der Waals surface area contributed by atoms with Crippen LogP contribution in [0.4, 0.5) is 0 Å². The molecule has 83 heavy (non-hydrogen) atoms. The Kier molecular flexibility index (Phi) is 68.2. The van der Waals surface area contributed by atoms with Gasteiger partial charge in [-0.3, -0.25) is 14.4 Å². The number of esters is 3. The molecule has 0 aliphatic heterocycles. The van der Waals surface area contributed by atoms with Crippen LogP contribution in [0.25, 0.3) is 0 Å². The first-order valence-corrected chi connectivity index (χ1v) is 36.1. The van der Waals surface area contributed by atoms with Crippen molar-refractivity contribution in [3.05, 3.63) is 85.1 Å². The standard InChI is InChI=1S/C77H136O6/c1-4-7-10-13-16-19-22-25-28-31-34-35-36-37-38-39-40-41-44-46-49-52-55-58-61-64-67-70-76(79)82-73-74(83-77(80)71-68-65-62-59-56-53-50-47-43-33-30-27-24-21-18-15-12-9-6-3)72-81-75(78)69-66-63-60-57-54-51-48-45-42-32-29-26-23-20-17-14-11-8-5-2/h9,12,18,21-22,25,27,30-31,34,43,47,53,56,74H,4-8,10-11,13-17,19-20,23-24,26,28-29,32-33,35-42,44-46,48-52,54-55,57-73H2,1-3H3/b12-9-,21-18-,25-22-,30-27-,34-31-,47-43-,56-53-. The zero-order chi connectivity index (χ0) is 59.9. The predicted octanol–water partition coefficient (Wildman–Crippen LogP) is 25.0. The van der Waals surface area contributed by atoms with E-state index in [1.54, 1.807) is 0 Å². The van der Waals surface area contributed by atoms with Crippen LogP contribution in [0.2, 0.25) is 0 Å². The minimum Gasteiger partial charge on any atom is -0.462 e. The fourth-order valence-electron chi connectivity index (χ4n) is 10.5. The molecule has 1 atom stereocenters. The van der Waals surface area contributed by atoms with Gasteiger partial charge in [-0.05, 0) is 96.3 Å². The quantitative estimate of drug-likeness (QED) is 0.0261. The van der Waals surface area contributed by atoms with Crippen LogP contribution in [0.3, 0.4) is 0 Å². The maximum absolute atomic E-state index is 13.0. The highest BCUT2D eigenvalue weighted by atomic mass is 16.6. The molecule has 0 fully saturated rings. The molecule has 0 aromatic heterocycles. The maximum Gasteiger partial charge on any atom is 0.306 e. The first kappa shape index (κ1) is 79.6. The van der Waals surface area contributed by atoms with Gasteiger partial charge in [-0.15, -0.1) is 0 Å². The molecule has 480 valence electrons. The Morgan fingerprint density at radius 2 is 0.470 bits per heavy atom. The number of hydrogen-bond acceptors (Lipinski definition) is 6. The third-order valence-electron chi connectivity index (χ3n) is 15.9. The van der Waals surface area contributed by atoms with E-state index in [9.17, 15) is 14.4 Å². The summed E-state index contributed by atoms with van der Waals surface area (Å²) in [4.78, 5) is 38.5. The molecule has 6 heteroatoms. The van der Waals surface area contributed by atoms with Gasteiger partial charge in [0, 0.05) is 19.3 Å². The summed E-state index contributed by atoms with van der Waals surface area (Å²) in [5.74, 6) is -0.897. The van der Waals surface area contributed by atoms with Gasteiger partial charge in [0.25, 0.3) is 0 Å². The molecule has 0 aliphatic carbocycles. The van der Waals surface area contributed by atoms with E-state index < -0.39 is 6.10 Å². The van der Waals surface area contributed by atoms with Crippen molar-refractivity contribution in [2.24, 2.45) is 0 Å². The van der Waals surface area contributed by atoms with E-state index in [4.69, 9.17) is 14.2 Å². The maximum atomic E-state index is 13.0. The lowest BCUT2D eigenvalue weighted by Crippen LogP contribution is -2.30. The van der Waals surface area contributed by atoms with Crippen molar-refractivity contribution in [2.45, 2.75) is 374 Å². The van der Waals surface area contributed by atoms with E-state index in [0.717, 1.165) is 103 Å². The van der Waals surface area contributed by atoms with Crippen molar-refractivity contribution in [2.75, 3.05) is 13.2 Å². The molecule has 0 amide bonds. The van der Waals surface area contributed by atoms with Gasteiger partial charge < -0.3 is 14.2 Å². The van der Waals surface area contributed by atoms with E-state index >= 15 is 0 Å². The minimum atomic E-state index is -0.795. The molecule has 0 saturated carbocycles. The van der Waals surface area contributed by atoms with Gasteiger partial charge in [0.1, 0.15) is 13.2 Å². The second kappa shape index (κ2) is 71.1. The van der Waals surface area contributed by atoms with Gasteiger partial charge in [-0.1, -0.05) is 337 Å². The SMILES string of the molecule is CC/C=C\C/C=C\C/C=C\C/C=C\C/C=C\CCCCCC(=O)OC(COC(=O)CCCCCCCCCCCCCCCCC/C=C\C/C=C\CCCCCCC)COC(=O)CCCCCCCCCCCCCCCCCCCCC. The van der Waals surface area contributed by atoms with Crippen molar-refractivity contribution in [3.8, 4) is 0 Å². The zero-order valence-electron chi connectivity index (χ0n) is 55.2. The molecule has 1 unspecified atom stereocenters. The topological polar surface area (TPSA) is 78.9 Å². The third-order valence-corrected chi connectivity index (χ3v) is 15.9. The van der Waals surface area contributed by atoms with Gasteiger partial charge in [-0.2, -0.15) is 0 Å². The van der Waals surface area contributed by atoms with Crippen molar-refractivity contribution >= 4 is 17.9 Å². The largest absolute Gasteiger partial charge is 0.462 e. The number of ether oxygens (including phenoxy) is 3. The fraction of sp³-hybridized carbons (Fsp3) is 0.779. The number of carbonyl (C=O) groups excluding carboxylic acids is 3. The van der Waals surface area contributed by atoms with Crippen LogP contribution in [0.1, 0.15) is 367 Å². The summed E-state index contributed by atoms with van der Waals surface area (Å²) in [5.41, 5.74) is 0. The predicted molar refractivity (Wildman–Crippen MR) is 362 cm³/mol. The average Bonchev–Trinajstić information content (AvgIpc) is 3.50. The second-order valence-electron chi connectivity index (χ2n) is 24.1. The number of unbranched alkanes of at least 4 members (excludes halogenated alkanes) is 41. The molecule has 0 rings (SSSR count). The molecule has 0 radical (unpaired) electrons. The number of hydrogen-bond donors (Lipinski definition) is 0.